The molecule has 0 spiro atoms. The monoisotopic (exact) mass is 609 g/mol. The van der Waals surface area contributed by atoms with Gasteiger partial charge in [0.05, 0.1) is 63.0 Å². The van der Waals surface area contributed by atoms with Crippen LogP contribution in [0.1, 0.15) is 5.56 Å². The van der Waals surface area contributed by atoms with E-state index in [9.17, 15) is 5.11 Å². The first-order chi connectivity index (χ1) is 20.8. The fraction of sp³-hybridized carbons (Fsp3) is 0.273. The van der Waals surface area contributed by atoms with E-state index in [1.165, 1.54) is 0 Å². The predicted octanol–water partition coefficient (Wildman–Crippen LogP) is 4.96. The summed E-state index contributed by atoms with van der Waals surface area (Å²) in [6.45, 7) is 0. The van der Waals surface area contributed by atoms with Crippen molar-refractivity contribution >= 4 is 23.2 Å². The number of phenols is 1. The van der Waals surface area contributed by atoms with Crippen molar-refractivity contribution in [2.24, 2.45) is 0 Å². The lowest BCUT2D eigenvalue weighted by molar-refractivity contribution is 0.378. The Morgan fingerprint density at radius 3 is 1.09 bits per heavy atom. The van der Waals surface area contributed by atoms with Gasteiger partial charge in [0, 0.05) is 36.4 Å². The van der Waals surface area contributed by atoms with Gasteiger partial charge in [-0.2, -0.15) is 0 Å². The maximum absolute atomic E-state index is 10.7. The Labute approximate surface area is 253 Å². The first-order valence-electron chi connectivity index (χ1n) is 13.3. The Hall–Kier alpha value is -4.49. The second-order valence-electron chi connectivity index (χ2n) is 9.41. The van der Waals surface area contributed by atoms with Crippen molar-refractivity contribution in [3.63, 3.8) is 0 Å². The summed E-state index contributed by atoms with van der Waals surface area (Å²) < 4.78 is 47.7. The van der Waals surface area contributed by atoms with Gasteiger partial charge >= 0.3 is 0 Å². The van der Waals surface area contributed by atoms with E-state index in [4.69, 9.17) is 37.9 Å². The molecule has 0 aliphatic carbocycles. The van der Waals surface area contributed by atoms with Crippen molar-refractivity contribution in [3.05, 3.63) is 72.3 Å². The average molecular weight is 610 g/mol. The third-order valence-electron chi connectivity index (χ3n) is 7.25. The zero-order chi connectivity index (χ0) is 31.1. The molecule has 0 fully saturated rings. The van der Waals surface area contributed by atoms with E-state index in [0.29, 0.717) is 57.5 Å². The van der Waals surface area contributed by atoms with E-state index in [2.05, 4.69) is 12.1 Å². The zero-order valence-electron chi connectivity index (χ0n) is 25.7. The van der Waals surface area contributed by atoms with Crippen molar-refractivity contribution in [3.8, 4) is 51.7 Å². The normalized spacial score (nSPS) is 11.0. The van der Waals surface area contributed by atoms with Crippen LogP contribution >= 0.6 is 7.26 Å². The molecule has 0 amide bonds. The summed E-state index contributed by atoms with van der Waals surface area (Å²) >= 11 is 0. The first kappa shape index (κ1) is 31.4. The summed E-state index contributed by atoms with van der Waals surface area (Å²) in [6, 6.07) is 20.5. The molecule has 0 atom stereocenters. The third kappa shape index (κ3) is 5.77. The number of methoxy groups -OCH3 is 8. The van der Waals surface area contributed by atoms with E-state index >= 15 is 0 Å². The minimum Gasteiger partial charge on any atom is -0.508 e. The first-order valence-corrected chi connectivity index (χ1v) is 15.3. The van der Waals surface area contributed by atoms with Gasteiger partial charge in [-0.3, -0.25) is 0 Å². The van der Waals surface area contributed by atoms with Crippen LogP contribution in [-0.2, 0) is 6.16 Å². The van der Waals surface area contributed by atoms with Crippen LogP contribution in [0.4, 0.5) is 0 Å². The Morgan fingerprint density at radius 1 is 0.465 bits per heavy atom. The molecule has 0 heterocycles. The lowest BCUT2D eigenvalue weighted by atomic mass is 10.2. The van der Waals surface area contributed by atoms with Gasteiger partial charge in [0.1, 0.15) is 24.5 Å². The molecule has 0 unspecified atom stereocenters. The summed E-state index contributed by atoms with van der Waals surface area (Å²) in [6.07, 6.45) is 0.434. The molecule has 0 bridgehead atoms. The number of hydrogen-bond acceptors (Lipinski definition) is 9. The van der Waals surface area contributed by atoms with Crippen LogP contribution in [0.2, 0.25) is 0 Å². The van der Waals surface area contributed by atoms with Gasteiger partial charge in [-0.25, -0.2) is 0 Å². The molecule has 0 saturated heterocycles. The van der Waals surface area contributed by atoms with Crippen molar-refractivity contribution in [1.82, 2.24) is 0 Å². The third-order valence-corrected chi connectivity index (χ3v) is 11.7. The summed E-state index contributed by atoms with van der Waals surface area (Å²) in [5, 5.41) is 12.9. The molecule has 43 heavy (non-hydrogen) atoms. The SMILES string of the molecule is COc1cc(OC)c([P+](Cc2ccccc2)(c2c(OC)cc(O)cc2OC)c2c(OC)cc(OC)cc2OC)c(OC)c1. The number of benzene rings is 4. The molecule has 9 nitrogen and oxygen atoms in total. The van der Waals surface area contributed by atoms with E-state index in [1.54, 1.807) is 69.0 Å². The molecule has 0 aliphatic rings. The van der Waals surface area contributed by atoms with Crippen molar-refractivity contribution < 1.29 is 43.0 Å². The molecule has 4 aromatic carbocycles. The van der Waals surface area contributed by atoms with Gasteiger partial charge in [-0.1, -0.05) is 30.3 Å². The molecule has 0 aromatic heterocycles. The van der Waals surface area contributed by atoms with E-state index < -0.39 is 7.26 Å². The maximum Gasteiger partial charge on any atom is 0.189 e. The van der Waals surface area contributed by atoms with Crippen molar-refractivity contribution in [2.45, 2.75) is 6.16 Å². The molecule has 0 aliphatic heterocycles. The number of rotatable bonds is 13. The highest BCUT2D eigenvalue weighted by Gasteiger charge is 2.58. The molecule has 4 aromatic rings. The molecule has 228 valence electrons. The van der Waals surface area contributed by atoms with Gasteiger partial charge in [0.2, 0.25) is 0 Å². The number of hydrogen-bond donors (Lipinski definition) is 1. The van der Waals surface area contributed by atoms with Gasteiger partial charge in [-0.15, -0.1) is 0 Å². The molecule has 1 N–H and O–H groups in total. The Kier molecular flexibility index (Phi) is 9.99. The summed E-state index contributed by atoms with van der Waals surface area (Å²) in [5.41, 5.74) is 1.01. The van der Waals surface area contributed by atoms with Crippen LogP contribution in [0.15, 0.2) is 66.7 Å². The highest BCUT2D eigenvalue weighted by atomic mass is 31.2. The van der Waals surface area contributed by atoms with Crippen LogP contribution in [-0.4, -0.2) is 62.0 Å². The van der Waals surface area contributed by atoms with Gasteiger partial charge < -0.3 is 43.0 Å². The van der Waals surface area contributed by atoms with Gasteiger partial charge in [0.15, 0.2) is 50.4 Å². The molecular formula is C33H38O9P+. The van der Waals surface area contributed by atoms with Crippen molar-refractivity contribution in [1.29, 1.82) is 0 Å². The Bertz CT molecular complexity index is 1420. The Morgan fingerprint density at radius 2 is 0.791 bits per heavy atom. The summed E-state index contributed by atoms with van der Waals surface area (Å²) in [7, 11) is 9.53. The largest absolute Gasteiger partial charge is 0.508 e. The predicted molar refractivity (Wildman–Crippen MR) is 169 cm³/mol. The maximum atomic E-state index is 10.7. The molecule has 4 rings (SSSR count). The summed E-state index contributed by atoms with van der Waals surface area (Å²) in [4.78, 5) is 0. The number of aromatic hydroxyl groups is 1. The fourth-order valence-electron chi connectivity index (χ4n) is 5.41. The van der Waals surface area contributed by atoms with E-state index in [-0.39, 0.29) is 5.75 Å². The highest BCUT2D eigenvalue weighted by Crippen LogP contribution is 2.68. The minimum absolute atomic E-state index is 0.0161. The van der Waals surface area contributed by atoms with Crippen LogP contribution in [0.25, 0.3) is 0 Å². The zero-order valence-corrected chi connectivity index (χ0v) is 26.6. The Balaban J connectivity index is 2.41. The smallest absolute Gasteiger partial charge is 0.189 e. The molecular weight excluding hydrogens is 571 g/mol. The van der Waals surface area contributed by atoms with Gasteiger partial charge in [0.25, 0.3) is 0 Å². The van der Waals surface area contributed by atoms with E-state index in [1.807, 2.05) is 42.5 Å². The lowest BCUT2D eigenvalue weighted by Gasteiger charge is -2.33. The van der Waals surface area contributed by atoms with E-state index in [0.717, 1.165) is 16.2 Å². The fourth-order valence-corrected chi connectivity index (χ4v) is 10.5. The van der Waals surface area contributed by atoms with Crippen molar-refractivity contribution in [2.75, 3.05) is 56.9 Å². The highest BCUT2D eigenvalue weighted by molar-refractivity contribution is 7.96. The van der Waals surface area contributed by atoms with Crippen LogP contribution in [0.5, 0.6) is 51.7 Å². The quantitative estimate of drug-likeness (QED) is 0.211. The average Bonchev–Trinajstić information content (AvgIpc) is 3.05. The standard InChI is InChI=1S/C33H37O9P/c1-35-23-16-27(39-5)32(28(17-23)40-6)43(20-21-12-10-9-11-13-21,31-25(37-3)14-22(34)15-26(31)38-4)33-29(41-7)18-24(36-2)19-30(33)42-8/h9-19H,20H2,1-8H3/p+1. The second-order valence-corrected chi connectivity index (χ2v) is 12.7. The van der Waals surface area contributed by atoms with Crippen LogP contribution in [0.3, 0.4) is 0 Å². The minimum atomic E-state index is -3.15. The second kappa shape index (κ2) is 13.7. The number of phenolic OH excluding ortho intramolecular Hbond substituents is 1. The topological polar surface area (TPSA) is 94.1 Å². The van der Waals surface area contributed by atoms with Crippen LogP contribution < -0.4 is 53.8 Å². The van der Waals surface area contributed by atoms with Crippen LogP contribution in [0, 0.1) is 0 Å². The molecule has 0 radical (unpaired) electrons. The number of ether oxygens (including phenoxy) is 8. The lowest BCUT2D eigenvalue weighted by Crippen LogP contribution is -2.37. The van der Waals surface area contributed by atoms with Gasteiger partial charge in [-0.05, 0) is 5.56 Å². The summed E-state index contributed by atoms with van der Waals surface area (Å²) in [5.74, 6) is 3.94. The molecule has 0 saturated carbocycles. The molecule has 10 heteroatoms.